The minimum absolute atomic E-state index is 0.155. The number of imidazole rings is 1. The van der Waals surface area contributed by atoms with Crippen molar-refractivity contribution >= 4 is 28.5 Å². The van der Waals surface area contributed by atoms with Crippen molar-refractivity contribution < 1.29 is 4.79 Å². The van der Waals surface area contributed by atoms with Gasteiger partial charge in [0.1, 0.15) is 11.9 Å². The van der Waals surface area contributed by atoms with Gasteiger partial charge in [0, 0.05) is 11.6 Å². The molecule has 174 valence electrons. The molecule has 1 heterocycles. The number of halogens is 1. The minimum atomic E-state index is -0.272. The zero-order chi connectivity index (χ0) is 22.8. The van der Waals surface area contributed by atoms with Crippen LogP contribution in [0.4, 0.5) is 0 Å². The van der Waals surface area contributed by atoms with E-state index < -0.39 is 0 Å². The van der Waals surface area contributed by atoms with Crippen molar-refractivity contribution in [2.24, 2.45) is 5.92 Å². The number of aryl methyl sites for hydroxylation is 1. The summed E-state index contributed by atoms with van der Waals surface area (Å²) in [5, 5.41) is 4.13. The summed E-state index contributed by atoms with van der Waals surface area (Å²) in [5.74, 6) is 1.27. The average molecular weight is 464 g/mol. The lowest BCUT2D eigenvalue weighted by molar-refractivity contribution is -0.127. The fraction of sp³-hybridized carbons (Fsp3) is 0.500. The second-order valence-corrected chi connectivity index (χ2v) is 10.4. The number of amides is 1. The molecule has 0 aliphatic heterocycles. The van der Waals surface area contributed by atoms with Crippen molar-refractivity contribution in [1.82, 2.24) is 14.9 Å². The quantitative estimate of drug-likeness (QED) is 0.433. The predicted octanol–water partition coefficient (Wildman–Crippen LogP) is 7.24. The van der Waals surface area contributed by atoms with Crippen LogP contribution < -0.4 is 5.32 Å². The maximum Gasteiger partial charge on any atom is 0.243 e. The summed E-state index contributed by atoms with van der Waals surface area (Å²) < 4.78 is 2.21. The minimum Gasteiger partial charge on any atom is -0.352 e. The van der Waals surface area contributed by atoms with E-state index in [0.29, 0.717) is 10.9 Å². The molecule has 2 fully saturated rings. The molecule has 0 radical (unpaired) electrons. The highest BCUT2D eigenvalue weighted by Crippen LogP contribution is 2.40. The van der Waals surface area contributed by atoms with Crippen LogP contribution in [0, 0.1) is 12.8 Å². The highest BCUT2D eigenvalue weighted by atomic mass is 35.5. The molecule has 33 heavy (non-hydrogen) atoms. The molecular weight excluding hydrogens is 430 g/mol. The Hall–Kier alpha value is -2.33. The van der Waals surface area contributed by atoms with Gasteiger partial charge in [-0.1, -0.05) is 73.9 Å². The number of carbonyl (C=O) groups is 1. The molecule has 1 unspecified atom stereocenters. The van der Waals surface area contributed by atoms with Crippen LogP contribution in [0.25, 0.3) is 22.4 Å². The number of benzene rings is 2. The summed E-state index contributed by atoms with van der Waals surface area (Å²) in [4.78, 5) is 19.0. The number of rotatable bonds is 5. The second kappa shape index (κ2) is 9.89. The van der Waals surface area contributed by atoms with Crippen molar-refractivity contribution in [1.29, 1.82) is 0 Å². The van der Waals surface area contributed by atoms with Crippen molar-refractivity contribution in [3.63, 3.8) is 0 Å². The van der Waals surface area contributed by atoms with Crippen molar-refractivity contribution in [3.8, 4) is 11.4 Å². The van der Waals surface area contributed by atoms with E-state index in [2.05, 4.69) is 28.9 Å². The molecule has 1 amide bonds. The maximum absolute atomic E-state index is 14.0. The highest BCUT2D eigenvalue weighted by molar-refractivity contribution is 6.33. The Kier molecular flexibility index (Phi) is 6.73. The zero-order valence-corrected chi connectivity index (χ0v) is 20.3. The average Bonchev–Trinajstić information content (AvgIpc) is 3.21. The lowest BCUT2D eigenvalue weighted by Gasteiger charge is -2.34. The summed E-state index contributed by atoms with van der Waals surface area (Å²) in [5.41, 5.74) is 3.96. The summed E-state index contributed by atoms with van der Waals surface area (Å²) >= 11 is 6.70. The molecule has 1 atom stereocenters. The second-order valence-electron chi connectivity index (χ2n) is 9.96. The first kappa shape index (κ1) is 22.5. The summed E-state index contributed by atoms with van der Waals surface area (Å²) in [6.45, 7) is 2.07. The fourth-order valence-electron chi connectivity index (χ4n) is 5.85. The van der Waals surface area contributed by atoms with Gasteiger partial charge < -0.3 is 9.88 Å². The lowest BCUT2D eigenvalue weighted by atomic mass is 9.82. The number of fused-ring (bicyclic) bond motifs is 1. The largest absolute Gasteiger partial charge is 0.352 e. The Labute approximate surface area is 201 Å². The summed E-state index contributed by atoms with van der Waals surface area (Å²) in [6.07, 6.45) is 11.7. The van der Waals surface area contributed by atoms with E-state index in [-0.39, 0.29) is 18.0 Å². The monoisotopic (exact) mass is 463 g/mol. The van der Waals surface area contributed by atoms with Gasteiger partial charge >= 0.3 is 0 Å². The Balaban J connectivity index is 1.64. The van der Waals surface area contributed by atoms with Crippen molar-refractivity contribution in [2.45, 2.75) is 83.2 Å². The molecule has 5 rings (SSSR count). The van der Waals surface area contributed by atoms with Crippen LogP contribution in [0.1, 0.15) is 75.8 Å². The third-order valence-electron chi connectivity index (χ3n) is 7.55. The van der Waals surface area contributed by atoms with Crippen LogP contribution in [0.15, 0.2) is 42.5 Å². The standard InChI is InChI=1S/C28H34ClN3O/c1-19-16-17-23(29)22(18-19)27-31-24-14-8-9-15-25(24)32(27)26(20-10-4-2-5-11-20)28(33)30-21-12-6-3-7-13-21/h8-9,14-18,20-21,26H,2-7,10-13H2,1H3,(H,30,33). The normalized spacial score (nSPS) is 19.0. The first-order chi connectivity index (χ1) is 16.1. The van der Waals surface area contributed by atoms with Crippen LogP contribution in [0.5, 0.6) is 0 Å². The molecule has 0 saturated heterocycles. The van der Waals surface area contributed by atoms with E-state index in [1.54, 1.807) is 0 Å². The number of aromatic nitrogens is 2. The third-order valence-corrected chi connectivity index (χ3v) is 7.88. The van der Waals surface area contributed by atoms with E-state index in [9.17, 15) is 4.79 Å². The molecule has 2 aliphatic carbocycles. The van der Waals surface area contributed by atoms with E-state index in [1.165, 1.54) is 38.5 Å². The zero-order valence-electron chi connectivity index (χ0n) is 19.5. The molecule has 2 saturated carbocycles. The molecule has 0 spiro atoms. The van der Waals surface area contributed by atoms with Gasteiger partial charge in [0.25, 0.3) is 0 Å². The number of nitrogens with zero attached hydrogens (tertiary/aromatic N) is 2. The first-order valence-electron chi connectivity index (χ1n) is 12.7. The van der Waals surface area contributed by atoms with Gasteiger partial charge in [-0.25, -0.2) is 4.98 Å². The van der Waals surface area contributed by atoms with Crippen LogP contribution >= 0.6 is 11.6 Å². The molecule has 3 aromatic rings. The van der Waals surface area contributed by atoms with Crippen LogP contribution in [-0.4, -0.2) is 21.5 Å². The molecule has 2 aromatic carbocycles. The fourth-order valence-corrected chi connectivity index (χ4v) is 6.05. The van der Waals surface area contributed by atoms with E-state index in [4.69, 9.17) is 16.6 Å². The van der Waals surface area contributed by atoms with Gasteiger partial charge in [-0.3, -0.25) is 4.79 Å². The van der Waals surface area contributed by atoms with Gasteiger partial charge in [0.2, 0.25) is 5.91 Å². The number of para-hydroxylation sites is 2. The van der Waals surface area contributed by atoms with Crippen molar-refractivity contribution in [3.05, 3.63) is 53.1 Å². The van der Waals surface area contributed by atoms with Gasteiger partial charge in [0.15, 0.2) is 0 Å². The number of hydrogen-bond acceptors (Lipinski definition) is 2. The van der Waals surface area contributed by atoms with Gasteiger partial charge in [-0.2, -0.15) is 0 Å². The summed E-state index contributed by atoms with van der Waals surface area (Å²) in [7, 11) is 0. The van der Waals surface area contributed by atoms with Gasteiger partial charge in [-0.05, 0) is 62.8 Å². The molecule has 1 aromatic heterocycles. The Morgan fingerprint density at radius 2 is 1.70 bits per heavy atom. The van der Waals surface area contributed by atoms with Gasteiger partial charge in [0.05, 0.1) is 16.1 Å². The predicted molar refractivity (Wildman–Crippen MR) is 136 cm³/mol. The third kappa shape index (κ3) is 4.68. The Bertz CT molecular complexity index is 1130. The smallest absolute Gasteiger partial charge is 0.243 e. The lowest BCUT2D eigenvalue weighted by Crippen LogP contribution is -2.43. The highest BCUT2D eigenvalue weighted by Gasteiger charge is 2.35. The molecular formula is C28H34ClN3O. The SMILES string of the molecule is Cc1ccc(Cl)c(-c2nc3ccccc3n2C(C(=O)NC2CCCCC2)C2CCCCC2)c1. The van der Waals surface area contributed by atoms with E-state index in [1.807, 2.05) is 30.3 Å². The van der Waals surface area contributed by atoms with Crippen LogP contribution in [0.2, 0.25) is 5.02 Å². The molecule has 1 N–H and O–H groups in total. The number of carbonyl (C=O) groups excluding carboxylic acids is 1. The topological polar surface area (TPSA) is 46.9 Å². The summed E-state index contributed by atoms with van der Waals surface area (Å²) in [6, 6.07) is 14.3. The maximum atomic E-state index is 14.0. The molecule has 2 aliphatic rings. The molecule has 5 heteroatoms. The van der Waals surface area contributed by atoms with E-state index >= 15 is 0 Å². The van der Waals surface area contributed by atoms with Crippen molar-refractivity contribution in [2.75, 3.05) is 0 Å². The van der Waals surface area contributed by atoms with Crippen LogP contribution in [-0.2, 0) is 4.79 Å². The first-order valence-corrected chi connectivity index (χ1v) is 13.0. The van der Waals surface area contributed by atoms with E-state index in [0.717, 1.165) is 53.7 Å². The Morgan fingerprint density at radius 1 is 1.00 bits per heavy atom. The number of nitrogens with one attached hydrogen (secondary N) is 1. The number of hydrogen-bond donors (Lipinski definition) is 1. The molecule has 4 nitrogen and oxygen atoms in total. The van der Waals surface area contributed by atoms with Crippen LogP contribution in [0.3, 0.4) is 0 Å². The Morgan fingerprint density at radius 3 is 2.45 bits per heavy atom. The molecule has 0 bridgehead atoms. The van der Waals surface area contributed by atoms with Gasteiger partial charge in [-0.15, -0.1) is 0 Å².